The van der Waals surface area contributed by atoms with E-state index in [1.54, 1.807) is 16.3 Å². The highest BCUT2D eigenvalue weighted by molar-refractivity contribution is 9.10. The lowest BCUT2D eigenvalue weighted by Gasteiger charge is -2.16. The Balaban J connectivity index is 1.70. The lowest BCUT2D eigenvalue weighted by Crippen LogP contribution is -2.28. The van der Waals surface area contributed by atoms with E-state index in [2.05, 4.69) is 21.2 Å². The van der Waals surface area contributed by atoms with Crippen molar-refractivity contribution in [2.24, 2.45) is 5.92 Å². The quantitative estimate of drug-likeness (QED) is 0.766. The molecule has 0 unspecified atom stereocenters. The van der Waals surface area contributed by atoms with Gasteiger partial charge in [-0.2, -0.15) is 0 Å². The van der Waals surface area contributed by atoms with Crippen molar-refractivity contribution in [1.82, 2.24) is 0 Å². The third kappa shape index (κ3) is 3.74. The number of nitrogens with one attached hydrogen (secondary N) is 1. The van der Waals surface area contributed by atoms with Crippen LogP contribution in [0.1, 0.15) is 16.1 Å². The van der Waals surface area contributed by atoms with E-state index >= 15 is 0 Å². The summed E-state index contributed by atoms with van der Waals surface area (Å²) in [6.07, 6.45) is 0.138. The molecule has 3 rings (SSSR count). The number of amides is 2. The van der Waals surface area contributed by atoms with Gasteiger partial charge in [-0.05, 0) is 35.7 Å². The number of hydrogen-bond acceptors (Lipinski definition) is 5. The summed E-state index contributed by atoms with van der Waals surface area (Å²) < 4.78 is 5.62. The molecule has 1 saturated heterocycles. The average Bonchev–Trinajstić information content (AvgIpc) is 3.21. The van der Waals surface area contributed by atoms with Crippen LogP contribution < -0.4 is 10.2 Å². The van der Waals surface area contributed by atoms with Gasteiger partial charge in [-0.3, -0.25) is 9.59 Å². The smallest absolute Gasteiger partial charge is 0.350 e. The Kier molecular flexibility index (Phi) is 5.19. The predicted molar refractivity (Wildman–Crippen MR) is 98.9 cm³/mol. The zero-order valence-corrected chi connectivity index (χ0v) is 15.7. The first-order valence-corrected chi connectivity index (χ1v) is 9.19. The summed E-state index contributed by atoms with van der Waals surface area (Å²) in [6, 6.07) is 9.01. The van der Waals surface area contributed by atoms with E-state index in [1.807, 2.05) is 24.3 Å². The molecule has 1 aliphatic rings. The summed E-state index contributed by atoms with van der Waals surface area (Å²) in [5, 5.41) is 4.44. The SMILES string of the molecule is COC(=O)c1sccc1NC(=O)[C@@H]1CC(=O)N(c2ccc(Br)cc2)C1. The summed E-state index contributed by atoms with van der Waals surface area (Å²) in [7, 11) is 1.29. The second-order valence-electron chi connectivity index (χ2n) is 5.53. The maximum Gasteiger partial charge on any atom is 0.350 e. The molecule has 1 atom stereocenters. The Morgan fingerprint density at radius 2 is 2.00 bits per heavy atom. The van der Waals surface area contributed by atoms with Crippen molar-refractivity contribution in [2.75, 3.05) is 23.9 Å². The van der Waals surface area contributed by atoms with Crippen molar-refractivity contribution >= 4 is 56.4 Å². The van der Waals surface area contributed by atoms with Gasteiger partial charge >= 0.3 is 5.97 Å². The molecule has 1 aliphatic heterocycles. The molecular formula is C17H15BrN2O4S. The van der Waals surface area contributed by atoms with Gasteiger partial charge in [-0.1, -0.05) is 15.9 Å². The first kappa shape index (κ1) is 17.6. The number of carbonyl (C=O) groups is 3. The Labute approximate surface area is 156 Å². The van der Waals surface area contributed by atoms with Crippen molar-refractivity contribution in [3.63, 3.8) is 0 Å². The second-order valence-corrected chi connectivity index (χ2v) is 7.36. The lowest BCUT2D eigenvalue weighted by atomic mass is 10.1. The monoisotopic (exact) mass is 422 g/mol. The highest BCUT2D eigenvalue weighted by Crippen LogP contribution is 2.29. The fraction of sp³-hybridized carbons (Fsp3) is 0.235. The van der Waals surface area contributed by atoms with E-state index in [9.17, 15) is 14.4 Å². The number of methoxy groups -OCH3 is 1. The molecule has 130 valence electrons. The molecule has 1 N–H and O–H groups in total. The third-order valence-electron chi connectivity index (χ3n) is 3.93. The molecule has 6 nitrogen and oxygen atoms in total. The van der Waals surface area contributed by atoms with Gasteiger partial charge in [-0.15, -0.1) is 11.3 Å². The number of thiophene rings is 1. The molecule has 1 aromatic carbocycles. The number of hydrogen-bond donors (Lipinski definition) is 1. The minimum absolute atomic E-state index is 0.0963. The Bertz CT molecular complexity index is 818. The molecule has 2 amide bonds. The van der Waals surface area contributed by atoms with Gasteiger partial charge in [-0.25, -0.2) is 4.79 Å². The van der Waals surface area contributed by atoms with Crippen LogP contribution in [-0.4, -0.2) is 31.4 Å². The average molecular weight is 423 g/mol. The van der Waals surface area contributed by atoms with Gasteiger partial charge in [0, 0.05) is 23.1 Å². The molecule has 0 radical (unpaired) electrons. The summed E-state index contributed by atoms with van der Waals surface area (Å²) in [4.78, 5) is 38.4. The van der Waals surface area contributed by atoms with Crippen LogP contribution >= 0.6 is 27.3 Å². The Morgan fingerprint density at radius 1 is 1.28 bits per heavy atom. The molecule has 8 heteroatoms. The van der Waals surface area contributed by atoms with Crippen LogP contribution in [0.4, 0.5) is 11.4 Å². The predicted octanol–water partition coefficient (Wildman–Crippen LogP) is 3.29. The number of ether oxygens (including phenoxy) is 1. The highest BCUT2D eigenvalue weighted by atomic mass is 79.9. The van der Waals surface area contributed by atoms with Gasteiger partial charge in [0.15, 0.2) is 0 Å². The van der Waals surface area contributed by atoms with Crippen LogP contribution in [0.5, 0.6) is 0 Å². The van der Waals surface area contributed by atoms with E-state index in [1.165, 1.54) is 18.4 Å². The maximum atomic E-state index is 12.5. The normalized spacial score (nSPS) is 16.8. The molecular weight excluding hydrogens is 408 g/mol. The van der Waals surface area contributed by atoms with Gasteiger partial charge in [0.1, 0.15) is 4.88 Å². The number of esters is 1. The van der Waals surface area contributed by atoms with Crippen molar-refractivity contribution in [2.45, 2.75) is 6.42 Å². The minimum Gasteiger partial charge on any atom is -0.465 e. The van der Waals surface area contributed by atoms with Crippen LogP contribution in [0.2, 0.25) is 0 Å². The van der Waals surface area contributed by atoms with Crippen LogP contribution in [-0.2, 0) is 14.3 Å². The molecule has 0 bridgehead atoms. The molecule has 2 aromatic rings. The molecule has 0 spiro atoms. The molecule has 2 heterocycles. The minimum atomic E-state index is -0.496. The standard InChI is InChI=1S/C17H15BrN2O4S/c1-24-17(23)15-13(6-7-25-15)19-16(22)10-8-14(21)20(9-10)12-4-2-11(18)3-5-12/h2-7,10H,8-9H2,1H3,(H,19,22)/t10-/m1/s1. The fourth-order valence-electron chi connectivity index (χ4n) is 2.65. The Hall–Kier alpha value is -2.19. The van der Waals surface area contributed by atoms with Gasteiger partial charge in [0.05, 0.1) is 18.7 Å². The number of carbonyl (C=O) groups excluding carboxylic acids is 3. The number of rotatable bonds is 4. The maximum absolute atomic E-state index is 12.5. The molecule has 0 saturated carbocycles. The van der Waals surface area contributed by atoms with Crippen LogP contribution in [0.25, 0.3) is 0 Å². The van der Waals surface area contributed by atoms with E-state index in [-0.39, 0.29) is 18.2 Å². The van der Waals surface area contributed by atoms with E-state index in [0.717, 1.165) is 10.2 Å². The lowest BCUT2D eigenvalue weighted by molar-refractivity contribution is -0.122. The fourth-order valence-corrected chi connectivity index (χ4v) is 3.68. The number of benzene rings is 1. The second kappa shape index (κ2) is 7.37. The van der Waals surface area contributed by atoms with Crippen LogP contribution in [0.15, 0.2) is 40.2 Å². The largest absolute Gasteiger partial charge is 0.465 e. The zero-order valence-electron chi connectivity index (χ0n) is 13.3. The van der Waals surface area contributed by atoms with Gasteiger partial charge < -0.3 is 15.0 Å². The number of anilines is 2. The summed E-state index contributed by atoms with van der Waals surface area (Å²) >= 11 is 4.55. The van der Waals surface area contributed by atoms with Crippen molar-refractivity contribution < 1.29 is 19.1 Å². The van der Waals surface area contributed by atoms with E-state index in [0.29, 0.717) is 17.1 Å². The first-order chi connectivity index (χ1) is 12.0. The van der Waals surface area contributed by atoms with Crippen LogP contribution in [0.3, 0.4) is 0 Å². The molecule has 1 fully saturated rings. The highest BCUT2D eigenvalue weighted by Gasteiger charge is 2.35. The summed E-state index contributed by atoms with van der Waals surface area (Å²) in [5.74, 6) is -1.34. The van der Waals surface area contributed by atoms with E-state index < -0.39 is 11.9 Å². The Morgan fingerprint density at radius 3 is 2.68 bits per heavy atom. The van der Waals surface area contributed by atoms with Gasteiger partial charge in [0.25, 0.3) is 0 Å². The van der Waals surface area contributed by atoms with Gasteiger partial charge in [0.2, 0.25) is 11.8 Å². The third-order valence-corrected chi connectivity index (χ3v) is 5.35. The molecule has 1 aromatic heterocycles. The molecule has 25 heavy (non-hydrogen) atoms. The van der Waals surface area contributed by atoms with Crippen molar-refractivity contribution in [1.29, 1.82) is 0 Å². The number of halogens is 1. The summed E-state index contributed by atoms with van der Waals surface area (Å²) in [6.45, 7) is 0.310. The van der Waals surface area contributed by atoms with Crippen molar-refractivity contribution in [3.8, 4) is 0 Å². The summed E-state index contributed by atoms with van der Waals surface area (Å²) in [5.41, 5.74) is 1.17. The first-order valence-electron chi connectivity index (χ1n) is 7.52. The topological polar surface area (TPSA) is 75.7 Å². The van der Waals surface area contributed by atoms with E-state index in [4.69, 9.17) is 4.74 Å². The molecule has 0 aliphatic carbocycles. The van der Waals surface area contributed by atoms with Crippen molar-refractivity contribution in [3.05, 3.63) is 45.1 Å². The number of nitrogens with zero attached hydrogens (tertiary/aromatic N) is 1. The van der Waals surface area contributed by atoms with Crippen LogP contribution in [0, 0.1) is 5.92 Å². The zero-order chi connectivity index (χ0) is 18.0.